The highest BCUT2D eigenvalue weighted by Gasteiger charge is 2.38. The lowest BCUT2D eigenvalue weighted by molar-refractivity contribution is -0.123. The second-order valence-electron chi connectivity index (χ2n) is 12.4. The number of rotatable bonds is 8. The van der Waals surface area contributed by atoms with Gasteiger partial charge < -0.3 is 19.6 Å². The van der Waals surface area contributed by atoms with E-state index in [2.05, 4.69) is 43.7 Å². The summed E-state index contributed by atoms with van der Waals surface area (Å²) in [5.41, 5.74) is 2.84. The van der Waals surface area contributed by atoms with E-state index < -0.39 is 5.97 Å². The van der Waals surface area contributed by atoms with Crippen LogP contribution in [0.5, 0.6) is 5.88 Å². The number of carbonyl (C=O) groups is 2. The van der Waals surface area contributed by atoms with E-state index in [0.29, 0.717) is 18.0 Å². The van der Waals surface area contributed by atoms with E-state index >= 15 is 0 Å². The molecule has 2 aliphatic rings. The average molecular weight is 554 g/mol. The Balaban J connectivity index is 1.56. The molecule has 0 saturated heterocycles. The number of carboxylic acid groups (broad SMARTS) is 1. The number of ether oxygens (including phenoxy) is 1. The van der Waals surface area contributed by atoms with Crippen molar-refractivity contribution in [2.24, 2.45) is 5.92 Å². The van der Waals surface area contributed by atoms with Crippen LogP contribution in [0.2, 0.25) is 0 Å². The van der Waals surface area contributed by atoms with Crippen LogP contribution in [0.15, 0.2) is 36.0 Å². The van der Waals surface area contributed by atoms with Crippen molar-refractivity contribution in [2.45, 2.75) is 96.7 Å². The van der Waals surface area contributed by atoms with Crippen molar-refractivity contribution in [3.8, 4) is 5.88 Å². The lowest BCUT2D eigenvalue weighted by Crippen LogP contribution is -2.47. The van der Waals surface area contributed by atoms with Crippen LogP contribution in [0, 0.1) is 5.92 Å². The van der Waals surface area contributed by atoms with Crippen LogP contribution in [-0.2, 0) is 16.8 Å². The third kappa shape index (κ3) is 7.28. The van der Waals surface area contributed by atoms with E-state index in [1.807, 2.05) is 37.2 Å². The fourth-order valence-electron chi connectivity index (χ4n) is 5.54. The Morgan fingerprint density at radius 2 is 1.85 bits per heavy atom. The predicted octanol–water partition coefficient (Wildman–Crippen LogP) is 6.67. The van der Waals surface area contributed by atoms with Gasteiger partial charge in [-0.1, -0.05) is 32.4 Å². The smallest absolute Gasteiger partial charge is 0.348 e. The van der Waals surface area contributed by atoms with Gasteiger partial charge in [0.2, 0.25) is 11.8 Å². The van der Waals surface area contributed by atoms with Crippen LogP contribution >= 0.6 is 11.3 Å². The van der Waals surface area contributed by atoms with E-state index in [-0.39, 0.29) is 34.3 Å². The molecule has 39 heavy (non-hydrogen) atoms. The number of allylic oxidation sites excluding steroid dienone is 2. The first kappa shape index (κ1) is 29.3. The minimum atomic E-state index is -0.969. The number of nitrogens with zero attached hydrogens (tertiary/aromatic N) is 3. The van der Waals surface area contributed by atoms with Crippen molar-refractivity contribution in [1.29, 1.82) is 0 Å². The number of thiophene rings is 1. The maximum Gasteiger partial charge on any atom is 0.348 e. The standard InChI is InChI=1S/C31H43N3O4S/c1-20-7-9-22(10-8-20)29(35)34(25-18-26(31(2,3)4)39-28(25)30(36)37)23-11-13-24(14-12-23)38-27-17-21(15-16-32-27)19-33(5)6/h7,15-18,22-24H,8-14,19H2,1-6H3,(H,36,37)/t22?,23-,24-. The molecule has 212 valence electrons. The van der Waals surface area contributed by atoms with Crippen LogP contribution in [0.3, 0.4) is 0 Å². The molecular weight excluding hydrogens is 510 g/mol. The summed E-state index contributed by atoms with van der Waals surface area (Å²) in [6, 6.07) is 5.90. The summed E-state index contributed by atoms with van der Waals surface area (Å²) < 4.78 is 6.28. The van der Waals surface area contributed by atoms with Gasteiger partial charge in [0.25, 0.3) is 0 Å². The largest absolute Gasteiger partial charge is 0.477 e. The van der Waals surface area contributed by atoms with Crippen LogP contribution < -0.4 is 9.64 Å². The highest BCUT2D eigenvalue weighted by atomic mass is 32.1. The number of pyridine rings is 1. The molecule has 7 nitrogen and oxygen atoms in total. The number of anilines is 1. The molecule has 1 unspecified atom stereocenters. The van der Waals surface area contributed by atoms with E-state index in [9.17, 15) is 14.7 Å². The minimum Gasteiger partial charge on any atom is -0.477 e. The average Bonchev–Trinajstić information content (AvgIpc) is 3.32. The molecule has 4 rings (SSSR count). The number of hydrogen-bond donors (Lipinski definition) is 1. The predicted molar refractivity (Wildman–Crippen MR) is 157 cm³/mol. The van der Waals surface area contributed by atoms with Crippen LogP contribution in [0.1, 0.15) is 92.8 Å². The van der Waals surface area contributed by atoms with Gasteiger partial charge in [0.05, 0.1) is 5.69 Å². The van der Waals surface area contributed by atoms with Gasteiger partial charge in [0, 0.05) is 35.6 Å². The molecule has 1 saturated carbocycles. The van der Waals surface area contributed by atoms with E-state index in [4.69, 9.17) is 4.74 Å². The van der Waals surface area contributed by atoms with Gasteiger partial charge in [-0.25, -0.2) is 9.78 Å². The highest BCUT2D eigenvalue weighted by Crippen LogP contribution is 2.41. The quantitative estimate of drug-likeness (QED) is 0.368. The SMILES string of the molecule is CC1=CCC(C(=O)N(c2cc(C(C)(C)C)sc2C(=O)O)[C@H]2CC[C@H](Oc3cc(CN(C)C)ccn3)CC2)CC1. The summed E-state index contributed by atoms with van der Waals surface area (Å²) in [7, 11) is 4.07. The fourth-order valence-corrected chi connectivity index (χ4v) is 6.58. The number of carboxylic acids is 1. The molecule has 0 aliphatic heterocycles. The first-order valence-electron chi connectivity index (χ1n) is 14.0. The highest BCUT2D eigenvalue weighted by molar-refractivity contribution is 7.14. The Morgan fingerprint density at radius 1 is 1.13 bits per heavy atom. The zero-order chi connectivity index (χ0) is 28.3. The summed E-state index contributed by atoms with van der Waals surface area (Å²) in [5, 5.41) is 10.1. The van der Waals surface area contributed by atoms with Crippen molar-refractivity contribution in [1.82, 2.24) is 9.88 Å². The number of aromatic nitrogens is 1. The van der Waals surface area contributed by atoms with Crippen molar-refractivity contribution in [3.05, 3.63) is 51.4 Å². The molecule has 1 atom stereocenters. The normalized spacial score (nSPS) is 21.9. The summed E-state index contributed by atoms with van der Waals surface area (Å²) >= 11 is 1.30. The Bertz CT molecular complexity index is 1200. The monoisotopic (exact) mass is 553 g/mol. The van der Waals surface area contributed by atoms with Crippen LogP contribution in [-0.4, -0.2) is 53.1 Å². The third-order valence-corrected chi connectivity index (χ3v) is 9.26. The third-order valence-electron chi connectivity index (χ3n) is 7.72. The molecule has 0 aromatic carbocycles. The number of aromatic carboxylic acids is 1. The van der Waals surface area contributed by atoms with Gasteiger partial charge in [0.1, 0.15) is 11.0 Å². The zero-order valence-corrected chi connectivity index (χ0v) is 25.0. The Kier molecular flexibility index (Phi) is 9.17. The molecule has 0 bridgehead atoms. The minimum absolute atomic E-state index is 0.0205. The molecular formula is C31H43N3O4S. The van der Waals surface area contributed by atoms with Gasteiger partial charge in [-0.2, -0.15) is 0 Å². The molecule has 1 fully saturated rings. The summed E-state index contributed by atoms with van der Waals surface area (Å²) in [4.78, 5) is 36.1. The van der Waals surface area contributed by atoms with Gasteiger partial charge >= 0.3 is 5.97 Å². The maximum atomic E-state index is 14.1. The number of hydrogen-bond acceptors (Lipinski definition) is 6. The fraction of sp³-hybridized carbons (Fsp3) is 0.581. The number of amides is 1. The summed E-state index contributed by atoms with van der Waals surface area (Å²) in [5.74, 6) is -0.396. The summed E-state index contributed by atoms with van der Waals surface area (Å²) in [6.45, 7) is 9.18. The van der Waals surface area contributed by atoms with Crippen molar-refractivity contribution in [2.75, 3.05) is 19.0 Å². The Morgan fingerprint density at radius 3 is 2.44 bits per heavy atom. The molecule has 2 aromatic rings. The lowest BCUT2D eigenvalue weighted by atomic mass is 9.86. The van der Waals surface area contributed by atoms with Gasteiger partial charge in [-0.05, 0) is 89.1 Å². The summed E-state index contributed by atoms with van der Waals surface area (Å²) in [6.07, 6.45) is 9.50. The molecule has 2 aliphatic carbocycles. The van der Waals surface area contributed by atoms with Crippen molar-refractivity contribution < 1.29 is 19.4 Å². The van der Waals surface area contributed by atoms with Crippen LogP contribution in [0.25, 0.3) is 0 Å². The molecule has 0 spiro atoms. The van der Waals surface area contributed by atoms with E-state index in [0.717, 1.165) is 55.5 Å². The lowest BCUT2D eigenvalue weighted by Gasteiger charge is -2.39. The topological polar surface area (TPSA) is 83.0 Å². The van der Waals surface area contributed by atoms with Gasteiger partial charge in [0.15, 0.2) is 0 Å². The van der Waals surface area contributed by atoms with Crippen LogP contribution in [0.4, 0.5) is 5.69 Å². The molecule has 0 radical (unpaired) electrons. The van der Waals surface area contributed by atoms with E-state index in [1.54, 1.807) is 6.20 Å². The second kappa shape index (κ2) is 12.2. The Hall–Kier alpha value is -2.71. The molecule has 2 aromatic heterocycles. The molecule has 2 heterocycles. The van der Waals surface area contributed by atoms with Gasteiger partial charge in [-0.15, -0.1) is 11.3 Å². The van der Waals surface area contributed by atoms with Gasteiger partial charge in [-0.3, -0.25) is 4.79 Å². The van der Waals surface area contributed by atoms with Crippen molar-refractivity contribution in [3.63, 3.8) is 0 Å². The first-order valence-corrected chi connectivity index (χ1v) is 14.9. The van der Waals surface area contributed by atoms with Crippen molar-refractivity contribution >= 4 is 28.9 Å². The Labute approximate surface area is 236 Å². The zero-order valence-electron chi connectivity index (χ0n) is 24.2. The maximum absolute atomic E-state index is 14.1. The molecule has 1 N–H and O–H groups in total. The second-order valence-corrected chi connectivity index (χ2v) is 13.5. The number of carbonyl (C=O) groups excluding carboxylic acids is 1. The molecule has 8 heteroatoms. The first-order chi connectivity index (χ1) is 18.4. The van der Waals surface area contributed by atoms with E-state index in [1.165, 1.54) is 16.9 Å². The molecule has 1 amide bonds.